The van der Waals surface area contributed by atoms with Gasteiger partial charge in [0.25, 0.3) is 5.91 Å². The van der Waals surface area contributed by atoms with Crippen LogP contribution in [0.5, 0.6) is 0 Å². The zero-order valence-electron chi connectivity index (χ0n) is 27.8. The molecule has 3 aromatic carbocycles. The Labute approximate surface area is 277 Å². The molecular formula is C38H45N3O6. The molecule has 0 heterocycles. The number of rotatable bonds is 12. The second-order valence-corrected chi connectivity index (χ2v) is 13.0. The highest BCUT2D eigenvalue weighted by Gasteiger charge is 2.34. The van der Waals surface area contributed by atoms with Gasteiger partial charge in [0, 0.05) is 12.3 Å². The Morgan fingerprint density at radius 2 is 1.47 bits per heavy atom. The molecule has 9 nitrogen and oxygen atoms in total. The van der Waals surface area contributed by atoms with E-state index < -0.39 is 42.1 Å². The lowest BCUT2D eigenvalue weighted by Crippen LogP contribution is -2.57. The highest BCUT2D eigenvalue weighted by atomic mass is 16.6. The van der Waals surface area contributed by atoms with E-state index >= 15 is 0 Å². The molecule has 0 aliphatic heterocycles. The van der Waals surface area contributed by atoms with Gasteiger partial charge in [-0.05, 0) is 67.3 Å². The largest absolute Gasteiger partial charge is 0.458 e. The molecule has 0 unspecified atom stereocenters. The number of nitrogens with zero attached hydrogens (tertiary/aromatic N) is 1. The van der Waals surface area contributed by atoms with Gasteiger partial charge in [0.15, 0.2) is 6.04 Å². The summed E-state index contributed by atoms with van der Waals surface area (Å²) < 4.78 is 11.2. The molecule has 1 aliphatic carbocycles. The number of hydrogen-bond acceptors (Lipinski definition) is 6. The number of ether oxygens (including phenoxy) is 2. The number of fused-ring (bicyclic) bond motifs is 3. The van der Waals surface area contributed by atoms with Crippen molar-refractivity contribution < 1.29 is 28.7 Å². The van der Waals surface area contributed by atoms with Crippen LogP contribution in [0, 0.1) is 5.92 Å². The molecular weight excluding hydrogens is 594 g/mol. The van der Waals surface area contributed by atoms with Crippen LogP contribution >= 0.6 is 0 Å². The first-order valence-electron chi connectivity index (χ1n) is 16.1. The molecule has 0 saturated heterocycles. The van der Waals surface area contributed by atoms with Crippen molar-refractivity contribution in [1.82, 2.24) is 15.8 Å². The standard InChI is InChI=1S/C38H45N3O6/c1-26(2)22-23-35(43)41(33(36(44)47-38(3,4)5)21-13-16-27-14-7-6-8-15-27)40-34(42)24-39-37(45)46-25-32-30-19-11-9-17-28(30)29-18-10-12-20-31(29)32/h6-20,26,32-33H,21-25H2,1-5H3,(H,39,45)(H,40,42)/t33-/m0/s1. The lowest BCUT2D eigenvalue weighted by molar-refractivity contribution is -0.168. The third-order valence-electron chi connectivity index (χ3n) is 7.65. The Morgan fingerprint density at radius 3 is 2.06 bits per heavy atom. The SMILES string of the molecule is CC(C)CCC(=O)N(NC(=O)CNC(=O)OCC1c2ccccc2-c2ccccc21)[C@@H](CC=Cc1ccccc1)C(=O)OC(C)(C)C. The van der Waals surface area contributed by atoms with Crippen LogP contribution in [0.4, 0.5) is 4.79 Å². The number of hydrazine groups is 1. The summed E-state index contributed by atoms with van der Waals surface area (Å²) in [6, 6.07) is 24.4. The van der Waals surface area contributed by atoms with Gasteiger partial charge in [-0.25, -0.2) is 14.6 Å². The minimum absolute atomic E-state index is 0.0930. The minimum Gasteiger partial charge on any atom is -0.458 e. The van der Waals surface area contributed by atoms with E-state index in [4.69, 9.17) is 9.47 Å². The van der Waals surface area contributed by atoms with E-state index in [1.807, 2.05) is 86.7 Å². The van der Waals surface area contributed by atoms with Gasteiger partial charge in [0.1, 0.15) is 18.8 Å². The fourth-order valence-electron chi connectivity index (χ4n) is 5.40. The number of alkyl carbamates (subject to hydrolysis) is 1. The molecule has 0 aromatic heterocycles. The van der Waals surface area contributed by atoms with Crippen molar-refractivity contribution in [1.29, 1.82) is 0 Å². The van der Waals surface area contributed by atoms with Gasteiger partial charge in [-0.15, -0.1) is 0 Å². The lowest BCUT2D eigenvalue weighted by Gasteiger charge is -2.32. The van der Waals surface area contributed by atoms with Crippen LogP contribution in [0.3, 0.4) is 0 Å². The van der Waals surface area contributed by atoms with E-state index in [0.717, 1.165) is 32.8 Å². The molecule has 0 spiro atoms. The monoisotopic (exact) mass is 639 g/mol. The summed E-state index contributed by atoms with van der Waals surface area (Å²) in [5.41, 5.74) is 7.04. The van der Waals surface area contributed by atoms with Gasteiger partial charge < -0.3 is 14.8 Å². The van der Waals surface area contributed by atoms with Crippen LogP contribution in [0.2, 0.25) is 0 Å². The van der Waals surface area contributed by atoms with E-state index in [0.29, 0.717) is 6.42 Å². The normalized spacial score (nSPS) is 13.1. The summed E-state index contributed by atoms with van der Waals surface area (Å²) in [7, 11) is 0. The molecule has 0 saturated carbocycles. The van der Waals surface area contributed by atoms with E-state index in [9.17, 15) is 19.2 Å². The number of benzene rings is 3. The summed E-state index contributed by atoms with van der Waals surface area (Å²) in [6.07, 6.45) is 3.61. The summed E-state index contributed by atoms with van der Waals surface area (Å²) in [5, 5.41) is 3.53. The smallest absolute Gasteiger partial charge is 0.407 e. The predicted octanol–water partition coefficient (Wildman–Crippen LogP) is 6.63. The molecule has 1 aliphatic rings. The maximum atomic E-state index is 13.5. The van der Waals surface area contributed by atoms with E-state index in [1.165, 1.54) is 0 Å². The van der Waals surface area contributed by atoms with Gasteiger partial charge >= 0.3 is 12.1 Å². The quantitative estimate of drug-likeness (QED) is 0.170. The van der Waals surface area contributed by atoms with Crippen LogP contribution in [-0.2, 0) is 23.9 Å². The first-order valence-corrected chi connectivity index (χ1v) is 16.1. The Kier molecular flexibility index (Phi) is 11.9. The lowest BCUT2D eigenvalue weighted by atomic mass is 9.98. The summed E-state index contributed by atoms with van der Waals surface area (Å²) in [4.78, 5) is 52.8. The minimum atomic E-state index is -1.13. The first-order chi connectivity index (χ1) is 22.4. The average Bonchev–Trinajstić information content (AvgIpc) is 3.36. The zero-order chi connectivity index (χ0) is 34.0. The van der Waals surface area contributed by atoms with E-state index in [-0.39, 0.29) is 31.3 Å². The first kappa shape index (κ1) is 34.9. The van der Waals surface area contributed by atoms with Crippen molar-refractivity contribution in [2.24, 2.45) is 5.92 Å². The number of nitrogens with one attached hydrogen (secondary N) is 2. The molecule has 0 fully saturated rings. The Balaban J connectivity index is 1.43. The van der Waals surface area contributed by atoms with Gasteiger partial charge in [0.2, 0.25) is 5.91 Å². The van der Waals surface area contributed by atoms with Gasteiger partial charge in [-0.2, -0.15) is 0 Å². The van der Waals surface area contributed by atoms with Crippen LogP contribution in [0.25, 0.3) is 17.2 Å². The van der Waals surface area contributed by atoms with E-state index in [1.54, 1.807) is 26.8 Å². The van der Waals surface area contributed by atoms with Crippen molar-refractivity contribution in [3.05, 3.63) is 102 Å². The molecule has 4 rings (SSSR count). The second-order valence-electron chi connectivity index (χ2n) is 13.0. The van der Waals surface area contributed by atoms with Crippen LogP contribution in [0.15, 0.2) is 84.9 Å². The predicted molar refractivity (Wildman–Crippen MR) is 182 cm³/mol. The van der Waals surface area contributed by atoms with Gasteiger partial charge in [-0.1, -0.05) is 105 Å². The molecule has 1 atom stereocenters. The van der Waals surface area contributed by atoms with Crippen molar-refractivity contribution in [2.75, 3.05) is 13.2 Å². The molecule has 248 valence electrons. The number of carbonyl (C=O) groups is 4. The van der Waals surface area contributed by atoms with Crippen molar-refractivity contribution >= 4 is 30.0 Å². The third-order valence-corrected chi connectivity index (χ3v) is 7.65. The maximum Gasteiger partial charge on any atom is 0.407 e. The molecule has 3 aromatic rings. The Bertz CT molecular complexity index is 1530. The molecule has 3 amide bonds. The number of esters is 1. The molecule has 47 heavy (non-hydrogen) atoms. The summed E-state index contributed by atoms with van der Waals surface area (Å²) in [5.74, 6) is -1.67. The van der Waals surface area contributed by atoms with Crippen LogP contribution in [-0.4, -0.2) is 53.7 Å². The molecule has 9 heteroatoms. The number of hydrogen-bond donors (Lipinski definition) is 2. The summed E-state index contributed by atoms with van der Waals surface area (Å²) >= 11 is 0. The number of carbonyl (C=O) groups excluding carboxylic acids is 4. The topological polar surface area (TPSA) is 114 Å². The number of amides is 3. The van der Waals surface area contributed by atoms with E-state index in [2.05, 4.69) is 22.9 Å². The van der Waals surface area contributed by atoms with Gasteiger partial charge in [0.05, 0.1) is 0 Å². The maximum absolute atomic E-state index is 13.5. The molecule has 0 radical (unpaired) electrons. The van der Waals surface area contributed by atoms with Crippen molar-refractivity contribution in [2.45, 2.75) is 71.4 Å². The highest BCUT2D eigenvalue weighted by Crippen LogP contribution is 2.44. The summed E-state index contributed by atoms with van der Waals surface area (Å²) in [6.45, 7) is 8.82. The van der Waals surface area contributed by atoms with Crippen LogP contribution < -0.4 is 10.7 Å². The van der Waals surface area contributed by atoms with Gasteiger partial charge in [-0.3, -0.25) is 15.0 Å². The Morgan fingerprint density at radius 1 is 0.872 bits per heavy atom. The molecule has 2 N–H and O–H groups in total. The van der Waals surface area contributed by atoms with Crippen molar-refractivity contribution in [3.8, 4) is 11.1 Å². The van der Waals surface area contributed by atoms with Crippen LogP contribution in [0.1, 0.15) is 76.5 Å². The zero-order valence-corrected chi connectivity index (χ0v) is 27.8. The highest BCUT2D eigenvalue weighted by molar-refractivity contribution is 5.89. The fraction of sp³-hybridized carbons (Fsp3) is 0.368. The average molecular weight is 640 g/mol. The Hall–Kier alpha value is -4.92. The van der Waals surface area contributed by atoms with Crippen molar-refractivity contribution in [3.63, 3.8) is 0 Å². The third kappa shape index (κ3) is 10.0. The fourth-order valence-corrected chi connectivity index (χ4v) is 5.40. The molecule has 0 bridgehead atoms. The second kappa shape index (κ2) is 16.1.